The number of hydrogen-bond acceptors (Lipinski definition) is 4. The van der Waals surface area contributed by atoms with Crippen molar-refractivity contribution in [1.29, 1.82) is 0 Å². The highest BCUT2D eigenvalue weighted by Gasteiger charge is 2.14. The number of benzene rings is 1. The first-order valence-corrected chi connectivity index (χ1v) is 7.85. The van der Waals surface area contributed by atoms with Crippen molar-refractivity contribution in [3.8, 4) is 0 Å². The van der Waals surface area contributed by atoms with E-state index in [0.717, 1.165) is 18.2 Å². The fraction of sp³-hybridized carbons (Fsp3) is 0.400. The van der Waals surface area contributed by atoms with E-state index in [1.54, 1.807) is 16.7 Å². The highest BCUT2D eigenvalue weighted by molar-refractivity contribution is 7.99. The van der Waals surface area contributed by atoms with Crippen molar-refractivity contribution in [3.05, 3.63) is 34.6 Å². The van der Waals surface area contributed by atoms with Crippen molar-refractivity contribution in [1.82, 2.24) is 9.55 Å². The van der Waals surface area contributed by atoms with Crippen molar-refractivity contribution < 1.29 is 9.90 Å². The molecule has 1 aromatic carbocycles. The normalized spacial score (nSPS) is 12.5. The van der Waals surface area contributed by atoms with Crippen LogP contribution in [0.3, 0.4) is 0 Å². The van der Waals surface area contributed by atoms with Crippen LogP contribution in [0, 0.1) is 5.92 Å². The molecule has 1 atom stereocenters. The molecule has 1 aromatic heterocycles. The molecule has 0 saturated carbocycles. The monoisotopic (exact) mass is 306 g/mol. The Labute approximate surface area is 127 Å². The van der Waals surface area contributed by atoms with Gasteiger partial charge in [0.1, 0.15) is 0 Å². The van der Waals surface area contributed by atoms with E-state index in [0.29, 0.717) is 28.5 Å². The van der Waals surface area contributed by atoms with Gasteiger partial charge in [-0.3, -0.25) is 14.2 Å². The van der Waals surface area contributed by atoms with E-state index in [-0.39, 0.29) is 11.3 Å². The number of carboxylic acid groups (broad SMARTS) is 1. The van der Waals surface area contributed by atoms with Crippen molar-refractivity contribution in [2.45, 2.75) is 32.0 Å². The zero-order valence-electron chi connectivity index (χ0n) is 12.1. The molecule has 2 aromatic rings. The van der Waals surface area contributed by atoms with Crippen LogP contribution in [0.25, 0.3) is 10.9 Å². The highest BCUT2D eigenvalue weighted by atomic mass is 32.2. The van der Waals surface area contributed by atoms with Gasteiger partial charge in [-0.2, -0.15) is 0 Å². The minimum Gasteiger partial charge on any atom is -0.481 e. The number of aliphatic carboxylic acids is 1. The van der Waals surface area contributed by atoms with E-state index in [1.807, 2.05) is 12.1 Å². The van der Waals surface area contributed by atoms with E-state index >= 15 is 0 Å². The van der Waals surface area contributed by atoms with Crippen LogP contribution in [0.2, 0.25) is 0 Å². The van der Waals surface area contributed by atoms with E-state index in [4.69, 9.17) is 5.11 Å². The Balaban J connectivity index is 2.53. The number of thioether (sulfide) groups is 1. The Morgan fingerprint density at radius 2 is 2.14 bits per heavy atom. The van der Waals surface area contributed by atoms with Crippen LogP contribution in [0.5, 0.6) is 0 Å². The first-order chi connectivity index (χ1) is 10.0. The van der Waals surface area contributed by atoms with E-state index in [9.17, 15) is 9.59 Å². The summed E-state index contributed by atoms with van der Waals surface area (Å²) in [6.45, 7) is 4.68. The summed E-state index contributed by atoms with van der Waals surface area (Å²) in [6.07, 6.45) is 0.947. The molecule has 6 heteroatoms. The molecule has 5 nitrogen and oxygen atoms in total. The van der Waals surface area contributed by atoms with Gasteiger partial charge in [-0.15, -0.1) is 0 Å². The summed E-state index contributed by atoms with van der Waals surface area (Å²) >= 11 is 1.09. The van der Waals surface area contributed by atoms with Gasteiger partial charge in [0.15, 0.2) is 5.16 Å². The van der Waals surface area contributed by atoms with Gasteiger partial charge in [0.05, 0.1) is 16.7 Å². The Bertz CT molecular complexity index is 712. The number of rotatable bonds is 6. The lowest BCUT2D eigenvalue weighted by Crippen LogP contribution is -2.26. The van der Waals surface area contributed by atoms with E-state index in [2.05, 4.69) is 18.8 Å². The summed E-state index contributed by atoms with van der Waals surface area (Å²) in [5.74, 6) is -0.696. The second-order valence-corrected chi connectivity index (χ2v) is 5.97. The predicted octanol–water partition coefficient (Wildman–Crippen LogP) is 2.62. The number of carbonyl (C=O) groups is 1. The lowest BCUT2D eigenvalue weighted by atomic mass is 10.1. The molecule has 1 unspecified atom stereocenters. The van der Waals surface area contributed by atoms with Gasteiger partial charge in [-0.05, 0) is 18.1 Å². The number of para-hydroxylation sites is 1. The third-order valence-corrected chi connectivity index (χ3v) is 4.30. The molecule has 0 aliphatic heterocycles. The smallest absolute Gasteiger partial charge is 0.313 e. The average Bonchev–Trinajstić information content (AvgIpc) is 2.48. The van der Waals surface area contributed by atoms with Crippen molar-refractivity contribution >= 4 is 28.6 Å². The maximum atomic E-state index is 12.6. The molecule has 0 aliphatic rings. The highest BCUT2D eigenvalue weighted by Crippen LogP contribution is 2.19. The summed E-state index contributed by atoms with van der Waals surface area (Å²) in [4.78, 5) is 27.8. The molecule has 0 amide bonds. The zero-order chi connectivity index (χ0) is 15.4. The van der Waals surface area contributed by atoms with Gasteiger partial charge in [-0.25, -0.2) is 4.98 Å². The SMILES string of the molecule is CCC(C)Cn1c(SCC(=O)O)nc2ccccc2c1=O. The molecular weight excluding hydrogens is 288 g/mol. The van der Waals surface area contributed by atoms with Crippen molar-refractivity contribution in [3.63, 3.8) is 0 Å². The molecule has 2 rings (SSSR count). The van der Waals surface area contributed by atoms with Crippen LogP contribution in [-0.4, -0.2) is 26.4 Å². The lowest BCUT2D eigenvalue weighted by Gasteiger charge is -2.15. The van der Waals surface area contributed by atoms with Crippen LogP contribution < -0.4 is 5.56 Å². The molecule has 0 radical (unpaired) electrons. The van der Waals surface area contributed by atoms with Crippen LogP contribution >= 0.6 is 11.8 Å². The Morgan fingerprint density at radius 1 is 1.43 bits per heavy atom. The largest absolute Gasteiger partial charge is 0.481 e. The van der Waals surface area contributed by atoms with E-state index < -0.39 is 5.97 Å². The molecule has 0 spiro atoms. The van der Waals surface area contributed by atoms with Gasteiger partial charge in [0.25, 0.3) is 5.56 Å². The number of aromatic nitrogens is 2. The Morgan fingerprint density at radius 3 is 2.81 bits per heavy atom. The molecule has 0 fully saturated rings. The van der Waals surface area contributed by atoms with E-state index in [1.165, 1.54) is 0 Å². The lowest BCUT2D eigenvalue weighted by molar-refractivity contribution is -0.133. The third-order valence-electron chi connectivity index (χ3n) is 3.34. The minimum atomic E-state index is -0.919. The number of nitrogens with zero attached hydrogens (tertiary/aromatic N) is 2. The van der Waals surface area contributed by atoms with Crippen LogP contribution in [0.15, 0.2) is 34.2 Å². The second kappa shape index (κ2) is 6.76. The van der Waals surface area contributed by atoms with Crippen LogP contribution in [0.1, 0.15) is 20.3 Å². The Hall–Kier alpha value is -1.82. The van der Waals surface area contributed by atoms with Crippen molar-refractivity contribution in [2.24, 2.45) is 5.92 Å². The fourth-order valence-corrected chi connectivity index (χ4v) is 2.71. The summed E-state index contributed by atoms with van der Waals surface area (Å²) in [5, 5.41) is 9.88. The maximum absolute atomic E-state index is 12.6. The predicted molar refractivity (Wildman–Crippen MR) is 83.8 cm³/mol. The minimum absolute atomic E-state index is 0.103. The standard InChI is InChI=1S/C15H18N2O3S/c1-3-10(2)8-17-14(20)11-6-4-5-7-12(11)16-15(17)21-9-13(18)19/h4-7,10H,3,8-9H2,1-2H3,(H,18,19). The molecule has 0 saturated heterocycles. The van der Waals surface area contributed by atoms with Crippen molar-refractivity contribution in [2.75, 3.05) is 5.75 Å². The van der Waals surface area contributed by atoms with Gasteiger partial charge < -0.3 is 5.11 Å². The average molecular weight is 306 g/mol. The Kier molecular flexibility index (Phi) is 5.01. The quantitative estimate of drug-likeness (QED) is 0.656. The van der Waals surface area contributed by atoms with Gasteiger partial charge in [0, 0.05) is 6.54 Å². The molecule has 0 bridgehead atoms. The topological polar surface area (TPSA) is 72.2 Å². The fourth-order valence-electron chi connectivity index (χ4n) is 1.99. The van der Waals surface area contributed by atoms with Crippen LogP contribution in [0.4, 0.5) is 0 Å². The van der Waals surface area contributed by atoms with Gasteiger partial charge in [0.2, 0.25) is 0 Å². The summed E-state index contributed by atoms with van der Waals surface area (Å²) < 4.78 is 1.60. The number of hydrogen-bond donors (Lipinski definition) is 1. The first-order valence-electron chi connectivity index (χ1n) is 6.87. The molecule has 0 aliphatic carbocycles. The van der Waals surface area contributed by atoms with Crippen LogP contribution in [-0.2, 0) is 11.3 Å². The number of carboxylic acids is 1. The molecule has 1 N–H and O–H groups in total. The third kappa shape index (κ3) is 3.64. The molecule has 112 valence electrons. The summed E-state index contributed by atoms with van der Waals surface area (Å²) in [7, 11) is 0. The summed E-state index contributed by atoms with van der Waals surface area (Å²) in [5.41, 5.74) is 0.504. The molecular formula is C15H18N2O3S. The second-order valence-electron chi connectivity index (χ2n) is 5.02. The zero-order valence-corrected chi connectivity index (χ0v) is 12.9. The number of fused-ring (bicyclic) bond motifs is 1. The first kappa shape index (κ1) is 15.6. The molecule has 21 heavy (non-hydrogen) atoms. The maximum Gasteiger partial charge on any atom is 0.313 e. The summed E-state index contributed by atoms with van der Waals surface area (Å²) in [6, 6.07) is 7.15. The van der Waals surface area contributed by atoms with Gasteiger partial charge >= 0.3 is 5.97 Å². The van der Waals surface area contributed by atoms with Gasteiger partial charge in [-0.1, -0.05) is 44.2 Å². The molecule has 1 heterocycles.